The zero-order chi connectivity index (χ0) is 16.1. The van der Waals surface area contributed by atoms with Crippen LogP contribution in [0.25, 0.3) is 11.1 Å². The van der Waals surface area contributed by atoms with Crippen LogP contribution in [0.4, 0.5) is 0 Å². The molecule has 0 aliphatic heterocycles. The molecule has 0 bridgehead atoms. The minimum Gasteiger partial charge on any atom is -0.488 e. The Morgan fingerprint density at radius 1 is 0.913 bits per heavy atom. The molecule has 1 nitrogen and oxygen atoms in total. The molecule has 0 aliphatic carbocycles. The van der Waals surface area contributed by atoms with Gasteiger partial charge in [0.05, 0.1) is 0 Å². The van der Waals surface area contributed by atoms with E-state index in [1.54, 1.807) is 0 Å². The van der Waals surface area contributed by atoms with Gasteiger partial charge in [-0.3, -0.25) is 0 Å². The van der Waals surface area contributed by atoms with E-state index in [2.05, 4.69) is 49.2 Å². The van der Waals surface area contributed by atoms with Gasteiger partial charge in [0.2, 0.25) is 0 Å². The maximum atomic E-state index is 6.06. The predicted octanol–water partition coefficient (Wildman–Crippen LogP) is 5.22. The van der Waals surface area contributed by atoms with Crippen LogP contribution in [0.1, 0.15) is 16.7 Å². The smallest absolute Gasteiger partial charge is 0.128 e. The minimum absolute atomic E-state index is 0.522. The monoisotopic (exact) mass is 298 g/mol. The average molecular weight is 298 g/mol. The molecule has 1 heteroatoms. The third kappa shape index (κ3) is 3.62. The molecule has 0 saturated carbocycles. The zero-order valence-corrected chi connectivity index (χ0v) is 13.1. The van der Waals surface area contributed by atoms with Gasteiger partial charge in [-0.25, -0.2) is 0 Å². The maximum Gasteiger partial charge on any atom is 0.128 e. The lowest BCUT2D eigenvalue weighted by molar-refractivity contribution is 0.307. The van der Waals surface area contributed by atoms with Crippen molar-refractivity contribution in [2.24, 2.45) is 0 Å². The Morgan fingerprint density at radius 2 is 1.74 bits per heavy atom. The molecule has 3 rings (SSSR count). The lowest BCUT2D eigenvalue weighted by atomic mass is 10.0. The normalized spacial score (nSPS) is 10.1. The van der Waals surface area contributed by atoms with Crippen LogP contribution in [-0.2, 0) is 6.61 Å². The first-order chi connectivity index (χ1) is 11.3. The number of aryl methyl sites for hydroxylation is 1. The van der Waals surface area contributed by atoms with Gasteiger partial charge in [0.25, 0.3) is 0 Å². The minimum atomic E-state index is 0.522. The van der Waals surface area contributed by atoms with Crippen molar-refractivity contribution in [2.45, 2.75) is 13.5 Å². The number of hydrogen-bond acceptors (Lipinski definition) is 1. The molecular formula is C22H18O. The Bertz CT molecular complexity index is 841. The molecule has 0 saturated heterocycles. The number of benzene rings is 3. The highest BCUT2D eigenvalue weighted by Crippen LogP contribution is 2.32. The molecular weight excluding hydrogens is 280 g/mol. The Morgan fingerprint density at radius 3 is 2.48 bits per heavy atom. The summed E-state index contributed by atoms with van der Waals surface area (Å²) in [5, 5.41) is 0. The van der Waals surface area contributed by atoms with E-state index in [0.717, 1.165) is 28.0 Å². The molecule has 0 heterocycles. The Balaban J connectivity index is 1.95. The van der Waals surface area contributed by atoms with Gasteiger partial charge in [-0.15, -0.1) is 6.42 Å². The van der Waals surface area contributed by atoms with Gasteiger partial charge >= 0.3 is 0 Å². The lowest BCUT2D eigenvalue weighted by Crippen LogP contribution is -1.97. The third-order valence-corrected chi connectivity index (χ3v) is 3.71. The zero-order valence-electron chi connectivity index (χ0n) is 13.1. The van der Waals surface area contributed by atoms with Gasteiger partial charge in [0.15, 0.2) is 0 Å². The second-order valence-electron chi connectivity index (χ2n) is 5.50. The van der Waals surface area contributed by atoms with Crippen LogP contribution in [0, 0.1) is 19.3 Å². The number of rotatable bonds is 4. The van der Waals surface area contributed by atoms with Gasteiger partial charge in [-0.2, -0.15) is 0 Å². The Kier molecular flexibility index (Phi) is 4.45. The fraction of sp³-hybridized carbons (Fsp3) is 0.0909. The number of terminal acetylenes is 1. The molecule has 23 heavy (non-hydrogen) atoms. The summed E-state index contributed by atoms with van der Waals surface area (Å²) in [6, 6.07) is 24.4. The van der Waals surface area contributed by atoms with Gasteiger partial charge in [-0.1, -0.05) is 66.1 Å². The first-order valence-electron chi connectivity index (χ1n) is 7.61. The SMILES string of the molecule is C#Cc1ccc(-c2cccc(C)c2)c(OCc2ccccc2)c1. The molecule has 0 fully saturated rings. The van der Waals surface area contributed by atoms with Crippen LogP contribution in [0.3, 0.4) is 0 Å². The van der Waals surface area contributed by atoms with E-state index < -0.39 is 0 Å². The third-order valence-electron chi connectivity index (χ3n) is 3.71. The molecule has 3 aromatic carbocycles. The second-order valence-corrected chi connectivity index (χ2v) is 5.50. The summed E-state index contributed by atoms with van der Waals surface area (Å²) in [4.78, 5) is 0. The molecule has 0 spiro atoms. The standard InChI is InChI=1S/C22H18O/c1-3-18-12-13-21(20-11-7-8-17(2)14-20)22(15-18)23-16-19-9-5-4-6-10-19/h1,4-15H,16H2,2H3. The van der Waals surface area contributed by atoms with Crippen LogP contribution in [0.2, 0.25) is 0 Å². The highest BCUT2D eigenvalue weighted by molar-refractivity contribution is 5.72. The summed E-state index contributed by atoms with van der Waals surface area (Å²) in [6.45, 7) is 2.61. The van der Waals surface area contributed by atoms with Gasteiger partial charge in [0.1, 0.15) is 12.4 Å². The summed E-state index contributed by atoms with van der Waals surface area (Å²) in [7, 11) is 0. The Hall–Kier alpha value is -2.98. The fourth-order valence-corrected chi connectivity index (χ4v) is 2.52. The summed E-state index contributed by atoms with van der Waals surface area (Å²) >= 11 is 0. The lowest BCUT2D eigenvalue weighted by Gasteiger charge is -2.13. The van der Waals surface area contributed by atoms with Crippen molar-refractivity contribution >= 4 is 0 Å². The highest BCUT2D eigenvalue weighted by Gasteiger charge is 2.08. The molecule has 112 valence electrons. The highest BCUT2D eigenvalue weighted by atomic mass is 16.5. The van der Waals surface area contributed by atoms with Crippen molar-refractivity contribution < 1.29 is 4.74 Å². The summed E-state index contributed by atoms with van der Waals surface area (Å²) < 4.78 is 6.06. The quantitative estimate of drug-likeness (QED) is 0.600. The first-order valence-corrected chi connectivity index (χ1v) is 7.61. The van der Waals surface area contributed by atoms with E-state index in [1.807, 2.05) is 36.4 Å². The molecule has 0 aromatic heterocycles. The second kappa shape index (κ2) is 6.85. The largest absolute Gasteiger partial charge is 0.488 e. The van der Waals surface area contributed by atoms with Crippen molar-refractivity contribution in [3.63, 3.8) is 0 Å². The van der Waals surface area contributed by atoms with Crippen molar-refractivity contribution in [3.05, 3.63) is 89.5 Å². The van der Waals surface area contributed by atoms with Crippen LogP contribution >= 0.6 is 0 Å². The number of hydrogen-bond donors (Lipinski definition) is 0. The van der Waals surface area contributed by atoms with E-state index in [9.17, 15) is 0 Å². The van der Waals surface area contributed by atoms with Crippen LogP contribution < -0.4 is 4.74 Å². The molecule has 0 radical (unpaired) electrons. The van der Waals surface area contributed by atoms with Crippen LogP contribution in [0.15, 0.2) is 72.8 Å². The van der Waals surface area contributed by atoms with E-state index in [1.165, 1.54) is 5.56 Å². The molecule has 0 unspecified atom stereocenters. The first kappa shape index (κ1) is 14.9. The average Bonchev–Trinajstić information content (AvgIpc) is 2.60. The van der Waals surface area contributed by atoms with Gasteiger partial charge in [-0.05, 0) is 36.2 Å². The van der Waals surface area contributed by atoms with Gasteiger partial charge < -0.3 is 4.74 Å². The summed E-state index contributed by atoms with van der Waals surface area (Å²) in [5.41, 5.74) is 5.37. The summed E-state index contributed by atoms with van der Waals surface area (Å²) in [6.07, 6.45) is 5.53. The van der Waals surface area contributed by atoms with E-state index in [4.69, 9.17) is 11.2 Å². The van der Waals surface area contributed by atoms with E-state index in [-0.39, 0.29) is 0 Å². The summed E-state index contributed by atoms with van der Waals surface area (Å²) in [5.74, 6) is 3.49. The molecule has 0 atom stereocenters. The molecule has 3 aromatic rings. The molecule has 0 N–H and O–H groups in total. The topological polar surface area (TPSA) is 9.23 Å². The maximum absolute atomic E-state index is 6.06. The van der Waals surface area contributed by atoms with E-state index in [0.29, 0.717) is 6.61 Å². The number of ether oxygens (including phenoxy) is 1. The van der Waals surface area contributed by atoms with Crippen molar-refractivity contribution in [1.82, 2.24) is 0 Å². The predicted molar refractivity (Wildman–Crippen MR) is 95.3 cm³/mol. The Labute approximate surface area is 137 Å². The molecule has 0 amide bonds. The van der Waals surface area contributed by atoms with Crippen molar-refractivity contribution in [2.75, 3.05) is 0 Å². The molecule has 0 aliphatic rings. The van der Waals surface area contributed by atoms with E-state index >= 15 is 0 Å². The van der Waals surface area contributed by atoms with Crippen molar-refractivity contribution in [1.29, 1.82) is 0 Å². The van der Waals surface area contributed by atoms with Gasteiger partial charge in [0, 0.05) is 11.1 Å². The van der Waals surface area contributed by atoms with Crippen LogP contribution in [0.5, 0.6) is 5.75 Å². The van der Waals surface area contributed by atoms with Crippen molar-refractivity contribution in [3.8, 4) is 29.2 Å². The fourth-order valence-electron chi connectivity index (χ4n) is 2.52. The van der Waals surface area contributed by atoms with Crippen LogP contribution in [-0.4, -0.2) is 0 Å².